The Kier molecular flexibility index (Phi) is 7.84. The number of benzene rings is 2. The monoisotopic (exact) mass is 426 g/mol. The Bertz CT molecular complexity index is 822. The molecular formula is C25H34N2O2S. The van der Waals surface area contributed by atoms with Crippen LogP contribution < -0.4 is 10.1 Å². The van der Waals surface area contributed by atoms with Crippen molar-refractivity contribution in [3.63, 3.8) is 0 Å². The number of likely N-dealkylation sites (tertiary alicyclic amines) is 1. The van der Waals surface area contributed by atoms with Crippen LogP contribution in [0, 0.1) is 0 Å². The summed E-state index contributed by atoms with van der Waals surface area (Å²) in [5.41, 5.74) is 2.69. The van der Waals surface area contributed by atoms with Gasteiger partial charge in [0.1, 0.15) is 5.75 Å². The Labute approximate surface area is 185 Å². The van der Waals surface area contributed by atoms with E-state index in [1.807, 2.05) is 12.1 Å². The van der Waals surface area contributed by atoms with Crippen molar-refractivity contribution in [2.45, 2.75) is 56.5 Å². The van der Waals surface area contributed by atoms with Gasteiger partial charge < -0.3 is 10.1 Å². The second-order valence-corrected chi connectivity index (χ2v) is 10.0. The smallest absolute Gasteiger partial charge is 0.230 e. The van der Waals surface area contributed by atoms with E-state index in [1.165, 1.54) is 11.1 Å². The highest BCUT2D eigenvalue weighted by Gasteiger charge is 2.21. The van der Waals surface area contributed by atoms with E-state index in [1.54, 1.807) is 18.9 Å². The summed E-state index contributed by atoms with van der Waals surface area (Å²) in [6, 6.07) is 17.0. The molecule has 0 spiro atoms. The summed E-state index contributed by atoms with van der Waals surface area (Å²) >= 11 is 1.61. The summed E-state index contributed by atoms with van der Waals surface area (Å²) in [7, 11) is 1.72. The topological polar surface area (TPSA) is 41.6 Å². The van der Waals surface area contributed by atoms with E-state index in [0.717, 1.165) is 43.1 Å². The molecule has 0 radical (unpaired) electrons. The number of nitrogens with one attached hydrogen (secondary N) is 1. The van der Waals surface area contributed by atoms with E-state index in [-0.39, 0.29) is 17.4 Å². The number of carbonyl (C=O) groups is 1. The molecule has 1 aliphatic heterocycles. The quantitative estimate of drug-likeness (QED) is 0.642. The molecule has 2 aromatic carbocycles. The Hall–Kier alpha value is -1.98. The number of ether oxygens (including phenoxy) is 1. The van der Waals surface area contributed by atoms with Crippen LogP contribution in [0.1, 0.15) is 44.7 Å². The summed E-state index contributed by atoms with van der Waals surface area (Å²) in [4.78, 5) is 16.0. The maximum Gasteiger partial charge on any atom is 0.230 e. The van der Waals surface area contributed by atoms with Crippen LogP contribution in [0.25, 0.3) is 0 Å². The van der Waals surface area contributed by atoms with Crippen LogP contribution in [0.5, 0.6) is 5.75 Å². The minimum absolute atomic E-state index is 0.128. The number of rotatable bonds is 7. The van der Waals surface area contributed by atoms with Crippen molar-refractivity contribution in [1.82, 2.24) is 10.2 Å². The first-order valence-corrected chi connectivity index (χ1v) is 11.7. The van der Waals surface area contributed by atoms with Crippen LogP contribution in [0.3, 0.4) is 0 Å². The average Bonchev–Trinajstić information content (AvgIpc) is 2.74. The lowest BCUT2D eigenvalue weighted by molar-refractivity contribution is -0.119. The zero-order valence-corrected chi connectivity index (χ0v) is 19.4. The first-order valence-electron chi connectivity index (χ1n) is 10.7. The van der Waals surface area contributed by atoms with Crippen molar-refractivity contribution in [1.29, 1.82) is 0 Å². The molecule has 1 N–H and O–H groups in total. The molecule has 2 aromatic rings. The standard InChI is InChI=1S/C25H34N2O2S/c1-25(2,3)20-9-11-22(12-10-20)30-18-24(28)26-21-13-15-27(16-14-21)17-19-7-5-6-8-23(19)29-4/h5-12,21H,13-18H2,1-4H3,(H,26,28). The first-order chi connectivity index (χ1) is 14.3. The number of piperidine rings is 1. The first kappa shape index (κ1) is 22.7. The molecule has 3 rings (SSSR count). The van der Waals surface area contributed by atoms with Gasteiger partial charge >= 0.3 is 0 Å². The molecule has 30 heavy (non-hydrogen) atoms. The number of methoxy groups -OCH3 is 1. The number of hydrogen-bond acceptors (Lipinski definition) is 4. The van der Waals surface area contributed by atoms with E-state index in [2.05, 4.69) is 67.4 Å². The molecule has 1 amide bonds. The molecule has 1 fully saturated rings. The van der Waals surface area contributed by atoms with E-state index in [4.69, 9.17) is 4.74 Å². The number of nitrogens with zero attached hydrogens (tertiary/aromatic N) is 1. The number of thioether (sulfide) groups is 1. The molecule has 0 bridgehead atoms. The van der Waals surface area contributed by atoms with Gasteiger partial charge in [0.05, 0.1) is 12.9 Å². The number of hydrogen-bond donors (Lipinski definition) is 1. The van der Waals surface area contributed by atoms with Crippen LogP contribution in [0.4, 0.5) is 0 Å². The van der Waals surface area contributed by atoms with Gasteiger partial charge in [-0.2, -0.15) is 0 Å². The number of carbonyl (C=O) groups excluding carboxylic acids is 1. The fourth-order valence-corrected chi connectivity index (χ4v) is 4.49. The Morgan fingerprint density at radius 2 is 1.77 bits per heavy atom. The Morgan fingerprint density at radius 3 is 2.40 bits per heavy atom. The third kappa shape index (κ3) is 6.51. The molecule has 5 heteroatoms. The molecule has 0 saturated carbocycles. The molecule has 1 heterocycles. The van der Waals surface area contributed by atoms with Gasteiger partial charge in [0, 0.05) is 36.1 Å². The Morgan fingerprint density at radius 1 is 1.10 bits per heavy atom. The fraction of sp³-hybridized carbons (Fsp3) is 0.480. The second-order valence-electron chi connectivity index (χ2n) is 8.99. The van der Waals surface area contributed by atoms with Gasteiger partial charge in [-0.3, -0.25) is 9.69 Å². The molecule has 0 aliphatic carbocycles. The van der Waals surface area contributed by atoms with Crippen molar-refractivity contribution >= 4 is 17.7 Å². The molecule has 162 valence electrons. The maximum atomic E-state index is 12.4. The van der Waals surface area contributed by atoms with Crippen molar-refractivity contribution in [3.05, 3.63) is 59.7 Å². The van der Waals surface area contributed by atoms with E-state index in [0.29, 0.717) is 5.75 Å². The van der Waals surface area contributed by atoms with E-state index in [9.17, 15) is 4.79 Å². The van der Waals surface area contributed by atoms with Gasteiger partial charge in [-0.15, -0.1) is 11.8 Å². The highest BCUT2D eigenvalue weighted by Crippen LogP contribution is 2.26. The number of amides is 1. The average molecular weight is 427 g/mol. The Balaban J connectivity index is 1.40. The lowest BCUT2D eigenvalue weighted by Gasteiger charge is -2.32. The largest absolute Gasteiger partial charge is 0.496 e. The van der Waals surface area contributed by atoms with Crippen LogP contribution in [-0.2, 0) is 16.8 Å². The lowest BCUT2D eigenvalue weighted by atomic mass is 9.87. The van der Waals surface area contributed by atoms with Gasteiger partial charge in [0.15, 0.2) is 0 Å². The van der Waals surface area contributed by atoms with Gasteiger partial charge in [-0.25, -0.2) is 0 Å². The predicted molar refractivity (Wildman–Crippen MR) is 125 cm³/mol. The molecule has 4 nitrogen and oxygen atoms in total. The summed E-state index contributed by atoms with van der Waals surface area (Å²) in [5.74, 6) is 1.54. The van der Waals surface area contributed by atoms with Gasteiger partial charge in [0.2, 0.25) is 5.91 Å². The summed E-state index contributed by atoms with van der Waals surface area (Å²) in [6.07, 6.45) is 1.98. The predicted octanol–water partition coefficient (Wildman–Crippen LogP) is 4.87. The van der Waals surface area contributed by atoms with Gasteiger partial charge in [-0.05, 0) is 42.0 Å². The SMILES string of the molecule is COc1ccccc1CN1CCC(NC(=O)CSc2ccc(C(C)(C)C)cc2)CC1. The van der Waals surface area contributed by atoms with Crippen molar-refractivity contribution in [2.24, 2.45) is 0 Å². The molecule has 1 saturated heterocycles. The highest BCUT2D eigenvalue weighted by atomic mass is 32.2. The van der Waals surface area contributed by atoms with E-state index < -0.39 is 0 Å². The zero-order chi connectivity index (χ0) is 21.6. The molecule has 0 unspecified atom stereocenters. The van der Waals surface area contributed by atoms with Crippen LogP contribution >= 0.6 is 11.8 Å². The van der Waals surface area contributed by atoms with Crippen LogP contribution in [0.2, 0.25) is 0 Å². The zero-order valence-electron chi connectivity index (χ0n) is 18.6. The third-order valence-corrected chi connectivity index (χ3v) is 6.64. The summed E-state index contributed by atoms with van der Waals surface area (Å²) in [5, 5.41) is 3.22. The van der Waals surface area contributed by atoms with Crippen molar-refractivity contribution < 1.29 is 9.53 Å². The van der Waals surface area contributed by atoms with Crippen molar-refractivity contribution in [2.75, 3.05) is 26.0 Å². The second kappa shape index (κ2) is 10.4. The molecule has 1 aliphatic rings. The minimum Gasteiger partial charge on any atom is -0.496 e. The van der Waals surface area contributed by atoms with Gasteiger partial charge in [0.25, 0.3) is 0 Å². The van der Waals surface area contributed by atoms with Crippen LogP contribution in [0.15, 0.2) is 53.4 Å². The third-order valence-electron chi connectivity index (χ3n) is 5.63. The lowest BCUT2D eigenvalue weighted by Crippen LogP contribution is -2.44. The van der Waals surface area contributed by atoms with Gasteiger partial charge in [-0.1, -0.05) is 51.1 Å². The van der Waals surface area contributed by atoms with Crippen LogP contribution in [-0.4, -0.2) is 42.8 Å². The summed E-state index contributed by atoms with van der Waals surface area (Å²) in [6.45, 7) is 9.51. The molecule has 0 aromatic heterocycles. The maximum absolute atomic E-state index is 12.4. The normalized spacial score (nSPS) is 15.7. The number of para-hydroxylation sites is 1. The highest BCUT2D eigenvalue weighted by molar-refractivity contribution is 8.00. The molecule has 0 atom stereocenters. The molecular weight excluding hydrogens is 392 g/mol. The fourth-order valence-electron chi connectivity index (χ4n) is 3.78. The van der Waals surface area contributed by atoms with Crippen molar-refractivity contribution in [3.8, 4) is 5.75 Å². The van der Waals surface area contributed by atoms with E-state index >= 15 is 0 Å². The summed E-state index contributed by atoms with van der Waals surface area (Å²) < 4.78 is 5.46. The minimum atomic E-state index is 0.128.